The molecule has 0 aromatic carbocycles. The molecule has 0 aliphatic carbocycles. The van der Waals surface area contributed by atoms with Crippen molar-refractivity contribution in [3.63, 3.8) is 0 Å². The van der Waals surface area contributed by atoms with Crippen LogP contribution in [0.1, 0.15) is 22.2 Å². The highest BCUT2D eigenvalue weighted by Crippen LogP contribution is 2.10. The first-order valence-corrected chi connectivity index (χ1v) is 5.49. The summed E-state index contributed by atoms with van der Waals surface area (Å²) in [4.78, 5) is 22.5. The van der Waals surface area contributed by atoms with Gasteiger partial charge in [-0.1, -0.05) is 0 Å². The van der Waals surface area contributed by atoms with Crippen LogP contribution in [0, 0.1) is 13.8 Å². The molecule has 0 spiro atoms. The van der Waals surface area contributed by atoms with Gasteiger partial charge in [0.15, 0.2) is 0 Å². The third kappa shape index (κ3) is 2.50. The molecule has 2 aromatic heterocycles. The summed E-state index contributed by atoms with van der Waals surface area (Å²) in [7, 11) is 0. The van der Waals surface area contributed by atoms with Crippen molar-refractivity contribution in [2.45, 2.75) is 20.3 Å². The lowest BCUT2D eigenvalue weighted by Gasteiger charge is -1.98. The number of hydrogen-bond donors (Lipinski definition) is 1. The van der Waals surface area contributed by atoms with Gasteiger partial charge in [0, 0.05) is 23.6 Å². The summed E-state index contributed by atoms with van der Waals surface area (Å²) in [5, 5.41) is 3.01. The van der Waals surface area contributed by atoms with Crippen LogP contribution in [-0.4, -0.2) is 15.0 Å². The fourth-order valence-electron chi connectivity index (χ4n) is 1.39. The predicted octanol–water partition coefficient (Wildman–Crippen LogP) is 1.43. The Kier molecular flexibility index (Phi) is 2.64. The molecule has 0 fully saturated rings. The normalized spacial score (nSPS) is 10.5. The largest absolute Gasteiger partial charge is 0.310 e. The molecule has 0 amide bonds. The van der Waals surface area contributed by atoms with Crippen molar-refractivity contribution < 1.29 is 0 Å². The summed E-state index contributed by atoms with van der Waals surface area (Å²) in [5.41, 5.74) is 1.58. The molecule has 2 rings (SSSR count). The first-order chi connectivity index (χ1) is 7.13. The van der Waals surface area contributed by atoms with E-state index in [9.17, 15) is 4.79 Å². The molecule has 2 aromatic rings. The number of nitrogens with zero attached hydrogens (tertiary/aromatic N) is 2. The molecule has 4 nitrogen and oxygen atoms in total. The molecule has 0 saturated carbocycles. The van der Waals surface area contributed by atoms with Crippen molar-refractivity contribution in [2.24, 2.45) is 0 Å². The second-order valence-electron chi connectivity index (χ2n) is 3.37. The maximum atomic E-state index is 11.2. The van der Waals surface area contributed by atoms with Crippen molar-refractivity contribution in [2.75, 3.05) is 0 Å². The van der Waals surface area contributed by atoms with E-state index in [1.54, 1.807) is 11.3 Å². The first-order valence-electron chi connectivity index (χ1n) is 4.61. The molecule has 78 valence electrons. The van der Waals surface area contributed by atoms with Gasteiger partial charge in [0.2, 0.25) is 0 Å². The molecule has 5 heteroatoms. The van der Waals surface area contributed by atoms with Gasteiger partial charge < -0.3 is 4.98 Å². The lowest BCUT2D eigenvalue weighted by molar-refractivity contribution is 0.902. The fourth-order valence-corrected chi connectivity index (χ4v) is 2.00. The zero-order valence-corrected chi connectivity index (χ0v) is 9.39. The van der Waals surface area contributed by atoms with Gasteiger partial charge in [0.05, 0.1) is 10.7 Å². The summed E-state index contributed by atoms with van der Waals surface area (Å²) in [6.07, 6.45) is 0.585. The quantitative estimate of drug-likeness (QED) is 0.834. The van der Waals surface area contributed by atoms with Crippen LogP contribution in [0.15, 0.2) is 16.2 Å². The van der Waals surface area contributed by atoms with E-state index in [0.717, 1.165) is 16.4 Å². The molecular formula is C10H11N3OS. The van der Waals surface area contributed by atoms with Crippen molar-refractivity contribution in [1.29, 1.82) is 0 Å². The number of thiazole rings is 1. The van der Waals surface area contributed by atoms with Crippen LogP contribution >= 0.6 is 11.3 Å². The van der Waals surface area contributed by atoms with Crippen molar-refractivity contribution in [1.82, 2.24) is 15.0 Å². The highest BCUT2D eigenvalue weighted by molar-refractivity contribution is 7.09. The minimum Gasteiger partial charge on any atom is -0.310 e. The van der Waals surface area contributed by atoms with Gasteiger partial charge >= 0.3 is 0 Å². The Bertz CT molecular complexity index is 529. The van der Waals surface area contributed by atoms with Gasteiger partial charge in [-0.05, 0) is 13.8 Å². The number of aryl methyl sites for hydroxylation is 2. The maximum Gasteiger partial charge on any atom is 0.251 e. The van der Waals surface area contributed by atoms with E-state index in [0.29, 0.717) is 12.2 Å². The number of aromatic amines is 1. The summed E-state index contributed by atoms with van der Waals surface area (Å²) in [6, 6.07) is 1.48. The number of aromatic nitrogens is 3. The molecule has 0 atom stereocenters. The average molecular weight is 221 g/mol. The third-order valence-electron chi connectivity index (χ3n) is 1.93. The van der Waals surface area contributed by atoms with Crippen LogP contribution in [0.2, 0.25) is 0 Å². The van der Waals surface area contributed by atoms with Gasteiger partial charge in [-0.2, -0.15) is 0 Å². The van der Waals surface area contributed by atoms with E-state index in [1.807, 2.05) is 19.2 Å². The average Bonchev–Trinajstić information content (AvgIpc) is 2.49. The topological polar surface area (TPSA) is 58.6 Å². The molecule has 1 N–H and O–H groups in total. The number of nitrogens with one attached hydrogen (secondary N) is 1. The molecule has 15 heavy (non-hydrogen) atoms. The third-order valence-corrected chi connectivity index (χ3v) is 2.76. The standard InChI is InChI=1S/C10H11N3OS/c1-6-3-10(14)13-9(11-6)4-8-5-15-7(2)12-8/h3,5H,4H2,1-2H3,(H,11,13,14). The minimum absolute atomic E-state index is 0.107. The second-order valence-corrected chi connectivity index (χ2v) is 4.43. The van der Waals surface area contributed by atoms with Gasteiger partial charge in [-0.25, -0.2) is 9.97 Å². The van der Waals surface area contributed by atoms with Crippen LogP contribution in [0.25, 0.3) is 0 Å². The molecule has 0 unspecified atom stereocenters. The lowest BCUT2D eigenvalue weighted by atomic mass is 10.3. The monoisotopic (exact) mass is 221 g/mol. The maximum absolute atomic E-state index is 11.2. The van der Waals surface area contributed by atoms with Crippen LogP contribution in [0.3, 0.4) is 0 Å². The highest BCUT2D eigenvalue weighted by atomic mass is 32.1. The smallest absolute Gasteiger partial charge is 0.251 e. The van der Waals surface area contributed by atoms with Crippen molar-refractivity contribution in [3.8, 4) is 0 Å². The van der Waals surface area contributed by atoms with Gasteiger partial charge in [0.1, 0.15) is 5.82 Å². The van der Waals surface area contributed by atoms with Crippen LogP contribution < -0.4 is 5.56 Å². The highest BCUT2D eigenvalue weighted by Gasteiger charge is 2.03. The molecule has 0 radical (unpaired) electrons. The number of H-pyrrole nitrogens is 1. The van der Waals surface area contributed by atoms with E-state index in [2.05, 4.69) is 15.0 Å². The zero-order valence-electron chi connectivity index (χ0n) is 8.57. The van der Waals surface area contributed by atoms with E-state index in [1.165, 1.54) is 6.07 Å². The minimum atomic E-state index is -0.107. The van der Waals surface area contributed by atoms with Gasteiger partial charge in [0.25, 0.3) is 5.56 Å². The Morgan fingerprint density at radius 2 is 2.20 bits per heavy atom. The van der Waals surface area contributed by atoms with Crippen LogP contribution in [-0.2, 0) is 6.42 Å². The SMILES string of the molecule is Cc1cc(=O)[nH]c(Cc2csc(C)n2)n1. The number of hydrogen-bond acceptors (Lipinski definition) is 4. The van der Waals surface area contributed by atoms with E-state index < -0.39 is 0 Å². The van der Waals surface area contributed by atoms with Gasteiger partial charge in [-0.15, -0.1) is 11.3 Å². The summed E-state index contributed by atoms with van der Waals surface area (Å²) in [5.74, 6) is 0.672. The molecular weight excluding hydrogens is 210 g/mol. The Labute approximate surface area is 91.0 Å². The molecule has 0 bridgehead atoms. The molecule has 0 aliphatic rings. The van der Waals surface area contributed by atoms with Crippen LogP contribution in [0.5, 0.6) is 0 Å². The number of rotatable bonds is 2. The van der Waals surface area contributed by atoms with Gasteiger partial charge in [-0.3, -0.25) is 4.79 Å². The summed E-state index contributed by atoms with van der Waals surface area (Å²) >= 11 is 1.60. The molecule has 0 saturated heterocycles. The fraction of sp³-hybridized carbons (Fsp3) is 0.300. The summed E-state index contributed by atoms with van der Waals surface area (Å²) in [6.45, 7) is 3.77. The second kappa shape index (κ2) is 3.94. The van der Waals surface area contributed by atoms with E-state index in [-0.39, 0.29) is 5.56 Å². The zero-order chi connectivity index (χ0) is 10.8. The summed E-state index contributed by atoms with van der Waals surface area (Å²) < 4.78 is 0. The van der Waals surface area contributed by atoms with E-state index >= 15 is 0 Å². The first kappa shape index (κ1) is 10.0. The lowest BCUT2D eigenvalue weighted by Crippen LogP contribution is -2.11. The Balaban J connectivity index is 2.28. The molecule has 2 heterocycles. The van der Waals surface area contributed by atoms with Crippen LogP contribution in [0.4, 0.5) is 0 Å². The van der Waals surface area contributed by atoms with Crippen molar-refractivity contribution in [3.05, 3.63) is 44.0 Å². The van der Waals surface area contributed by atoms with Crippen molar-refractivity contribution >= 4 is 11.3 Å². The molecule has 0 aliphatic heterocycles. The Hall–Kier alpha value is -1.49. The Morgan fingerprint density at radius 1 is 1.40 bits per heavy atom. The Morgan fingerprint density at radius 3 is 2.80 bits per heavy atom. The predicted molar refractivity (Wildman–Crippen MR) is 59.3 cm³/mol. The van der Waals surface area contributed by atoms with E-state index in [4.69, 9.17) is 0 Å².